The summed E-state index contributed by atoms with van der Waals surface area (Å²) in [5, 5.41) is 0.905. The van der Waals surface area contributed by atoms with E-state index in [1.807, 2.05) is 6.92 Å². The van der Waals surface area contributed by atoms with Crippen LogP contribution in [0.15, 0.2) is 11.2 Å². The third-order valence-corrected chi connectivity index (χ3v) is 2.59. The Balaban J connectivity index is 4.14. The van der Waals surface area contributed by atoms with Gasteiger partial charge in [0.1, 0.15) is 5.82 Å². The smallest absolute Gasteiger partial charge is 0.175 e. The summed E-state index contributed by atoms with van der Waals surface area (Å²) < 4.78 is 21.9. The molecule has 11 heavy (non-hydrogen) atoms. The molecule has 66 valence electrons. The highest BCUT2D eigenvalue weighted by Crippen LogP contribution is 1.98. The number of rotatable bonds is 4. The van der Waals surface area contributed by atoms with E-state index in [9.17, 15) is 8.42 Å². The fourth-order valence-electron chi connectivity index (χ4n) is 0.612. The molecule has 0 aliphatic heterocycles. The first-order valence-corrected chi connectivity index (χ1v) is 5.15. The maximum atomic E-state index is 11.0. The van der Waals surface area contributed by atoms with E-state index < -0.39 is 9.84 Å². The topological polar surface area (TPSA) is 86.2 Å². The van der Waals surface area contributed by atoms with E-state index >= 15 is 0 Å². The molecule has 0 unspecified atom stereocenters. The first-order chi connectivity index (χ1) is 4.98. The molecule has 0 fully saturated rings. The highest BCUT2D eigenvalue weighted by molar-refractivity contribution is 7.94. The SMILES string of the molecule is CCCCS(=O)(=O)C=C(N)N. The van der Waals surface area contributed by atoms with Crippen LogP contribution in [0.1, 0.15) is 19.8 Å². The zero-order chi connectivity index (χ0) is 8.91. The van der Waals surface area contributed by atoms with E-state index in [1.165, 1.54) is 0 Å². The second-order valence-corrected chi connectivity index (χ2v) is 4.31. The Morgan fingerprint density at radius 1 is 1.45 bits per heavy atom. The van der Waals surface area contributed by atoms with Crippen molar-refractivity contribution in [1.29, 1.82) is 0 Å². The lowest BCUT2D eigenvalue weighted by Gasteiger charge is -1.96. The molecule has 0 radical (unpaired) electrons. The number of hydrogen-bond acceptors (Lipinski definition) is 4. The Morgan fingerprint density at radius 2 is 2.00 bits per heavy atom. The van der Waals surface area contributed by atoms with Crippen LogP contribution >= 0.6 is 0 Å². The molecule has 0 bridgehead atoms. The van der Waals surface area contributed by atoms with Crippen LogP contribution in [0.4, 0.5) is 0 Å². The minimum Gasteiger partial charge on any atom is -0.385 e. The Bertz CT molecular complexity index is 227. The second kappa shape index (κ2) is 4.23. The van der Waals surface area contributed by atoms with Crippen LogP contribution in [0.2, 0.25) is 0 Å². The second-order valence-electron chi connectivity index (χ2n) is 2.34. The standard InChI is InChI=1S/C6H14N2O2S/c1-2-3-4-11(9,10)5-6(7)8/h5H,2-4,7-8H2,1H3. The lowest BCUT2D eigenvalue weighted by molar-refractivity contribution is 0.601. The third-order valence-electron chi connectivity index (χ3n) is 1.10. The highest BCUT2D eigenvalue weighted by atomic mass is 32.2. The largest absolute Gasteiger partial charge is 0.385 e. The summed E-state index contributed by atoms with van der Waals surface area (Å²) in [6.45, 7) is 1.92. The van der Waals surface area contributed by atoms with Crippen molar-refractivity contribution < 1.29 is 8.42 Å². The van der Waals surface area contributed by atoms with Crippen molar-refractivity contribution in [1.82, 2.24) is 0 Å². The summed E-state index contributed by atoms with van der Waals surface area (Å²) in [5.41, 5.74) is 10.0. The molecule has 0 aromatic heterocycles. The molecule has 0 aromatic carbocycles. The van der Waals surface area contributed by atoms with Gasteiger partial charge in [0, 0.05) is 0 Å². The number of unbranched alkanes of at least 4 members (excludes halogenated alkanes) is 1. The zero-order valence-corrected chi connectivity index (χ0v) is 7.39. The monoisotopic (exact) mass is 178 g/mol. The summed E-state index contributed by atoms with van der Waals surface area (Å²) in [6, 6.07) is 0. The third kappa shape index (κ3) is 5.72. The van der Waals surface area contributed by atoms with Gasteiger partial charge in [-0.05, 0) is 6.42 Å². The summed E-state index contributed by atoms with van der Waals surface area (Å²) in [7, 11) is -3.16. The molecule has 0 aliphatic rings. The van der Waals surface area contributed by atoms with Crippen molar-refractivity contribution in [2.75, 3.05) is 5.75 Å². The normalized spacial score (nSPS) is 11.0. The van der Waals surface area contributed by atoms with Gasteiger partial charge in [0.25, 0.3) is 0 Å². The lowest BCUT2D eigenvalue weighted by atomic mass is 10.4. The molecule has 0 saturated carbocycles. The summed E-state index contributed by atoms with van der Waals surface area (Å²) in [4.78, 5) is 0. The molecular weight excluding hydrogens is 164 g/mol. The number of sulfone groups is 1. The van der Waals surface area contributed by atoms with Gasteiger partial charge in [-0.3, -0.25) is 0 Å². The van der Waals surface area contributed by atoms with Gasteiger partial charge in [0.05, 0.1) is 11.2 Å². The number of nitrogens with two attached hydrogens (primary N) is 2. The van der Waals surface area contributed by atoms with Crippen molar-refractivity contribution in [3.8, 4) is 0 Å². The first kappa shape index (κ1) is 10.3. The highest BCUT2D eigenvalue weighted by Gasteiger charge is 2.05. The van der Waals surface area contributed by atoms with Gasteiger partial charge >= 0.3 is 0 Å². The van der Waals surface area contributed by atoms with E-state index in [0.29, 0.717) is 6.42 Å². The van der Waals surface area contributed by atoms with Gasteiger partial charge in [0.15, 0.2) is 9.84 Å². The minimum absolute atomic E-state index is 0.126. The quantitative estimate of drug-likeness (QED) is 0.630. The molecular formula is C6H14N2O2S. The van der Waals surface area contributed by atoms with Crippen molar-refractivity contribution >= 4 is 9.84 Å². The van der Waals surface area contributed by atoms with E-state index in [1.54, 1.807) is 0 Å². The fourth-order valence-corrected chi connectivity index (χ4v) is 1.84. The summed E-state index contributed by atoms with van der Waals surface area (Å²) in [5.74, 6) is -0.0254. The average Bonchev–Trinajstić information content (AvgIpc) is 1.81. The van der Waals surface area contributed by atoms with Crippen LogP contribution in [-0.2, 0) is 9.84 Å². The van der Waals surface area contributed by atoms with E-state index in [0.717, 1.165) is 11.8 Å². The lowest BCUT2D eigenvalue weighted by Crippen LogP contribution is -2.12. The van der Waals surface area contributed by atoms with Gasteiger partial charge < -0.3 is 11.5 Å². The summed E-state index contributed by atoms with van der Waals surface area (Å²) >= 11 is 0. The van der Waals surface area contributed by atoms with E-state index in [4.69, 9.17) is 11.5 Å². The van der Waals surface area contributed by atoms with Gasteiger partial charge in [0.2, 0.25) is 0 Å². The van der Waals surface area contributed by atoms with Crippen LogP contribution in [0.3, 0.4) is 0 Å². The molecule has 0 spiro atoms. The fraction of sp³-hybridized carbons (Fsp3) is 0.667. The van der Waals surface area contributed by atoms with Crippen molar-refractivity contribution in [2.45, 2.75) is 19.8 Å². The van der Waals surface area contributed by atoms with Crippen LogP contribution < -0.4 is 11.5 Å². The Kier molecular flexibility index (Phi) is 3.95. The maximum Gasteiger partial charge on any atom is 0.175 e. The molecule has 0 amide bonds. The van der Waals surface area contributed by atoms with Crippen LogP contribution in [0, 0.1) is 0 Å². The van der Waals surface area contributed by atoms with Crippen LogP contribution in [0.5, 0.6) is 0 Å². The van der Waals surface area contributed by atoms with E-state index in [-0.39, 0.29) is 11.6 Å². The molecule has 0 aromatic rings. The summed E-state index contributed by atoms with van der Waals surface area (Å²) in [6.07, 6.45) is 1.49. The average molecular weight is 178 g/mol. The molecule has 4 nitrogen and oxygen atoms in total. The van der Waals surface area contributed by atoms with Gasteiger partial charge in [-0.2, -0.15) is 0 Å². The van der Waals surface area contributed by atoms with Gasteiger partial charge in [-0.15, -0.1) is 0 Å². The van der Waals surface area contributed by atoms with E-state index in [2.05, 4.69) is 0 Å². The molecule has 5 heteroatoms. The molecule has 0 atom stereocenters. The molecule has 4 N–H and O–H groups in total. The van der Waals surface area contributed by atoms with Crippen LogP contribution in [-0.4, -0.2) is 14.2 Å². The van der Waals surface area contributed by atoms with Crippen molar-refractivity contribution in [2.24, 2.45) is 11.5 Å². The predicted molar refractivity (Wildman–Crippen MR) is 45.2 cm³/mol. The molecule has 0 rings (SSSR count). The minimum atomic E-state index is -3.16. The Morgan fingerprint density at radius 3 is 2.36 bits per heavy atom. The number of hydrogen-bond donors (Lipinski definition) is 2. The molecule has 0 saturated heterocycles. The predicted octanol–water partition coefficient (Wildman–Crippen LogP) is -0.0824. The van der Waals surface area contributed by atoms with Crippen molar-refractivity contribution in [3.63, 3.8) is 0 Å². The molecule has 0 aliphatic carbocycles. The Labute approximate surface area is 67.2 Å². The van der Waals surface area contributed by atoms with Crippen molar-refractivity contribution in [3.05, 3.63) is 11.2 Å². The first-order valence-electron chi connectivity index (χ1n) is 3.43. The Hall–Kier alpha value is -0.710. The van der Waals surface area contributed by atoms with Gasteiger partial charge in [-0.25, -0.2) is 8.42 Å². The van der Waals surface area contributed by atoms with Crippen LogP contribution in [0.25, 0.3) is 0 Å². The molecule has 0 heterocycles. The zero-order valence-electron chi connectivity index (χ0n) is 6.58. The maximum absolute atomic E-state index is 11.0. The van der Waals surface area contributed by atoms with Gasteiger partial charge in [-0.1, -0.05) is 13.3 Å².